The van der Waals surface area contributed by atoms with Crippen molar-refractivity contribution in [3.05, 3.63) is 68.1 Å². The first kappa shape index (κ1) is 12.7. The summed E-state index contributed by atoms with van der Waals surface area (Å²) in [5, 5.41) is 0. The standard InChI is InChI=1S/C15H10INOS/c16-11-7-3-1-5-9(11)13(17)15-14(18)10-6-2-4-8-12(10)19-15/h1-8H,17H2. The fourth-order valence-electron chi connectivity index (χ4n) is 2.00. The lowest BCUT2D eigenvalue weighted by Crippen LogP contribution is -2.06. The zero-order chi connectivity index (χ0) is 13.4. The molecule has 0 saturated carbocycles. The summed E-state index contributed by atoms with van der Waals surface area (Å²) < 4.78 is 1.05. The zero-order valence-corrected chi connectivity index (χ0v) is 12.9. The molecule has 1 aliphatic heterocycles. The van der Waals surface area contributed by atoms with Gasteiger partial charge < -0.3 is 5.73 Å². The van der Waals surface area contributed by atoms with Gasteiger partial charge in [0.25, 0.3) is 0 Å². The van der Waals surface area contributed by atoms with Gasteiger partial charge in [0, 0.05) is 19.6 Å². The molecule has 1 aliphatic rings. The van der Waals surface area contributed by atoms with Gasteiger partial charge in [-0.25, -0.2) is 0 Å². The van der Waals surface area contributed by atoms with Crippen LogP contribution in [0.4, 0.5) is 0 Å². The van der Waals surface area contributed by atoms with Gasteiger partial charge in [-0.15, -0.1) is 0 Å². The van der Waals surface area contributed by atoms with Crippen LogP contribution >= 0.6 is 34.4 Å². The number of benzene rings is 2. The molecule has 19 heavy (non-hydrogen) atoms. The third-order valence-electron chi connectivity index (χ3n) is 2.96. The predicted octanol–water partition coefficient (Wildman–Crippen LogP) is 3.91. The van der Waals surface area contributed by atoms with Crippen molar-refractivity contribution in [1.29, 1.82) is 0 Å². The van der Waals surface area contributed by atoms with Crippen LogP contribution in [-0.4, -0.2) is 5.78 Å². The van der Waals surface area contributed by atoms with Crippen molar-refractivity contribution in [2.75, 3.05) is 0 Å². The Morgan fingerprint density at radius 1 is 1.05 bits per heavy atom. The number of hydrogen-bond donors (Lipinski definition) is 1. The first-order valence-electron chi connectivity index (χ1n) is 5.74. The summed E-state index contributed by atoms with van der Waals surface area (Å²) >= 11 is 3.69. The molecule has 0 aliphatic carbocycles. The van der Waals surface area contributed by atoms with E-state index in [0.717, 1.165) is 19.6 Å². The Bertz CT molecular complexity index is 709. The molecule has 0 atom stereocenters. The Labute approximate surface area is 129 Å². The highest BCUT2D eigenvalue weighted by molar-refractivity contribution is 14.1. The molecule has 0 unspecified atom stereocenters. The average molecular weight is 379 g/mol. The van der Waals surface area contributed by atoms with E-state index in [1.54, 1.807) is 0 Å². The second-order valence-electron chi connectivity index (χ2n) is 4.15. The van der Waals surface area contributed by atoms with Crippen molar-refractivity contribution in [2.45, 2.75) is 4.90 Å². The van der Waals surface area contributed by atoms with Crippen LogP contribution in [0.2, 0.25) is 0 Å². The number of hydrogen-bond acceptors (Lipinski definition) is 3. The molecule has 2 nitrogen and oxygen atoms in total. The van der Waals surface area contributed by atoms with E-state index in [1.165, 1.54) is 11.8 Å². The molecule has 0 spiro atoms. The molecule has 0 fully saturated rings. The SMILES string of the molecule is NC(=C1Sc2ccccc2C1=O)c1ccccc1I. The summed E-state index contributed by atoms with van der Waals surface area (Å²) in [4.78, 5) is 14.0. The number of nitrogens with two attached hydrogens (primary N) is 1. The predicted molar refractivity (Wildman–Crippen MR) is 86.9 cm³/mol. The van der Waals surface area contributed by atoms with Gasteiger partial charge in [0.1, 0.15) is 0 Å². The average Bonchev–Trinajstić information content (AvgIpc) is 2.77. The van der Waals surface area contributed by atoms with E-state index in [9.17, 15) is 4.79 Å². The van der Waals surface area contributed by atoms with E-state index >= 15 is 0 Å². The maximum atomic E-state index is 12.4. The minimum atomic E-state index is 0.0257. The molecular formula is C15H10INOS. The van der Waals surface area contributed by atoms with E-state index in [-0.39, 0.29) is 5.78 Å². The second-order valence-corrected chi connectivity index (χ2v) is 6.36. The van der Waals surface area contributed by atoms with Gasteiger partial charge in [-0.2, -0.15) is 0 Å². The number of allylic oxidation sites excluding steroid dienone is 1. The van der Waals surface area contributed by atoms with Crippen molar-refractivity contribution >= 4 is 45.8 Å². The van der Waals surface area contributed by atoms with Gasteiger partial charge in [-0.3, -0.25) is 4.79 Å². The molecule has 3 rings (SSSR count). The van der Waals surface area contributed by atoms with Gasteiger partial charge in [0.05, 0.1) is 10.6 Å². The largest absolute Gasteiger partial charge is 0.397 e. The van der Waals surface area contributed by atoms with Crippen molar-refractivity contribution in [3.63, 3.8) is 0 Å². The van der Waals surface area contributed by atoms with E-state index in [1.807, 2.05) is 48.5 Å². The molecule has 94 valence electrons. The van der Waals surface area contributed by atoms with E-state index in [4.69, 9.17) is 5.73 Å². The normalized spacial score (nSPS) is 16.4. The van der Waals surface area contributed by atoms with E-state index < -0.39 is 0 Å². The van der Waals surface area contributed by atoms with E-state index in [2.05, 4.69) is 22.6 Å². The number of carbonyl (C=O) groups excluding carboxylic acids is 1. The summed E-state index contributed by atoms with van der Waals surface area (Å²) in [6, 6.07) is 15.4. The van der Waals surface area contributed by atoms with Gasteiger partial charge in [0.15, 0.2) is 0 Å². The Hall–Kier alpha value is -1.27. The molecule has 1 heterocycles. The van der Waals surface area contributed by atoms with Crippen LogP contribution in [0.15, 0.2) is 58.3 Å². The van der Waals surface area contributed by atoms with Crippen LogP contribution in [0.25, 0.3) is 5.70 Å². The van der Waals surface area contributed by atoms with Crippen molar-refractivity contribution in [3.8, 4) is 0 Å². The summed E-state index contributed by atoms with van der Waals surface area (Å²) in [6.07, 6.45) is 0. The number of thioether (sulfide) groups is 1. The molecule has 0 aromatic heterocycles. The molecule has 2 aromatic carbocycles. The molecule has 0 saturated heterocycles. The number of Topliss-reactive ketones (excluding diaryl/α,β-unsaturated/α-hetero) is 1. The molecule has 0 amide bonds. The topological polar surface area (TPSA) is 43.1 Å². The first-order valence-corrected chi connectivity index (χ1v) is 7.64. The molecule has 2 aromatic rings. The molecule has 4 heteroatoms. The summed E-state index contributed by atoms with van der Waals surface area (Å²) in [5.74, 6) is 0.0257. The summed E-state index contributed by atoms with van der Waals surface area (Å²) in [6.45, 7) is 0. The quantitative estimate of drug-likeness (QED) is 0.604. The van der Waals surface area contributed by atoms with Crippen molar-refractivity contribution in [1.82, 2.24) is 0 Å². The summed E-state index contributed by atoms with van der Waals surface area (Å²) in [7, 11) is 0. The van der Waals surface area contributed by atoms with Gasteiger partial charge >= 0.3 is 0 Å². The lowest BCUT2D eigenvalue weighted by Gasteiger charge is -2.06. The van der Waals surface area contributed by atoms with Crippen molar-refractivity contribution < 1.29 is 4.79 Å². The molecular weight excluding hydrogens is 369 g/mol. The van der Waals surface area contributed by atoms with Crippen LogP contribution < -0.4 is 5.73 Å². The lowest BCUT2D eigenvalue weighted by atomic mass is 10.1. The minimum Gasteiger partial charge on any atom is -0.397 e. The van der Waals surface area contributed by atoms with E-state index in [0.29, 0.717) is 10.6 Å². The minimum absolute atomic E-state index is 0.0257. The number of carbonyl (C=O) groups is 1. The molecule has 0 bridgehead atoms. The smallest absolute Gasteiger partial charge is 0.202 e. The summed E-state index contributed by atoms with van der Waals surface area (Å²) in [5.41, 5.74) is 8.44. The zero-order valence-electron chi connectivity index (χ0n) is 9.89. The Balaban J connectivity index is 2.12. The third-order valence-corrected chi connectivity index (χ3v) is 5.08. The number of fused-ring (bicyclic) bond motifs is 1. The Morgan fingerprint density at radius 3 is 2.47 bits per heavy atom. The maximum absolute atomic E-state index is 12.4. The number of halogens is 1. The van der Waals surface area contributed by atoms with Crippen LogP contribution in [-0.2, 0) is 0 Å². The highest BCUT2D eigenvalue weighted by Crippen LogP contribution is 2.42. The number of rotatable bonds is 1. The van der Waals surface area contributed by atoms with Crippen molar-refractivity contribution in [2.24, 2.45) is 5.73 Å². The highest BCUT2D eigenvalue weighted by Gasteiger charge is 2.28. The first-order chi connectivity index (χ1) is 9.18. The van der Waals surface area contributed by atoms with Gasteiger partial charge in [-0.05, 0) is 40.8 Å². The fourth-order valence-corrected chi connectivity index (χ4v) is 3.74. The second kappa shape index (κ2) is 5.02. The third kappa shape index (κ3) is 2.19. The van der Waals surface area contributed by atoms with Crippen LogP contribution in [0.3, 0.4) is 0 Å². The Morgan fingerprint density at radius 2 is 1.74 bits per heavy atom. The van der Waals surface area contributed by atoms with Crippen LogP contribution in [0.5, 0.6) is 0 Å². The van der Waals surface area contributed by atoms with Crippen LogP contribution in [0.1, 0.15) is 15.9 Å². The fraction of sp³-hybridized carbons (Fsp3) is 0. The van der Waals surface area contributed by atoms with Gasteiger partial charge in [0.2, 0.25) is 5.78 Å². The van der Waals surface area contributed by atoms with Gasteiger partial charge in [-0.1, -0.05) is 42.1 Å². The lowest BCUT2D eigenvalue weighted by molar-refractivity contribution is 0.104. The van der Waals surface area contributed by atoms with Crippen LogP contribution in [0, 0.1) is 3.57 Å². The maximum Gasteiger partial charge on any atom is 0.202 e. The monoisotopic (exact) mass is 379 g/mol. The molecule has 0 radical (unpaired) electrons. The molecule has 2 N–H and O–H groups in total. The highest BCUT2D eigenvalue weighted by atomic mass is 127. The Kier molecular flexibility index (Phi) is 3.36. The number of ketones is 1.